The fourth-order valence-corrected chi connectivity index (χ4v) is 3.46. The van der Waals surface area contributed by atoms with Gasteiger partial charge < -0.3 is 19.6 Å². The van der Waals surface area contributed by atoms with Crippen LogP contribution >= 0.6 is 0 Å². The second-order valence-electron chi connectivity index (χ2n) is 7.37. The van der Waals surface area contributed by atoms with E-state index >= 15 is 0 Å². The Morgan fingerprint density at radius 2 is 2.04 bits per heavy atom. The van der Waals surface area contributed by atoms with Crippen LogP contribution in [0.1, 0.15) is 42.5 Å². The van der Waals surface area contributed by atoms with Crippen LogP contribution in [0.5, 0.6) is 0 Å². The van der Waals surface area contributed by atoms with Gasteiger partial charge in [-0.05, 0) is 25.0 Å². The third-order valence-corrected chi connectivity index (χ3v) is 5.33. The number of oxime groups is 1. The number of pyridine rings is 1. The molecule has 138 valence electrons. The van der Waals surface area contributed by atoms with E-state index in [4.69, 9.17) is 4.84 Å². The molecule has 0 bridgehead atoms. The third kappa shape index (κ3) is 3.11. The lowest BCUT2D eigenvalue weighted by atomic mass is 9.86. The molecule has 0 radical (unpaired) electrons. The number of nitrogens with one attached hydrogen (secondary N) is 1. The highest BCUT2D eigenvalue weighted by atomic mass is 16.7. The van der Waals surface area contributed by atoms with Crippen molar-refractivity contribution in [2.75, 3.05) is 13.1 Å². The van der Waals surface area contributed by atoms with Gasteiger partial charge in [0.25, 0.3) is 17.4 Å². The summed E-state index contributed by atoms with van der Waals surface area (Å²) in [5.74, 6) is -0.401. The molecule has 2 fully saturated rings. The number of carbonyl (C=O) groups excluding carboxylic acids is 2. The first-order valence-electron chi connectivity index (χ1n) is 8.98. The number of nitrogens with zero attached hydrogens (tertiary/aromatic N) is 3. The van der Waals surface area contributed by atoms with E-state index in [9.17, 15) is 14.4 Å². The van der Waals surface area contributed by atoms with Crippen molar-refractivity contribution < 1.29 is 14.4 Å². The van der Waals surface area contributed by atoms with Gasteiger partial charge in [0, 0.05) is 51.6 Å². The highest BCUT2D eigenvalue weighted by Gasteiger charge is 2.45. The van der Waals surface area contributed by atoms with E-state index in [0.29, 0.717) is 38.1 Å². The second-order valence-corrected chi connectivity index (χ2v) is 7.37. The maximum absolute atomic E-state index is 12.7. The summed E-state index contributed by atoms with van der Waals surface area (Å²) in [7, 11) is 1.63. The topological polar surface area (TPSA) is 93.0 Å². The van der Waals surface area contributed by atoms with Crippen LogP contribution in [-0.4, -0.2) is 51.7 Å². The Morgan fingerprint density at radius 1 is 1.31 bits per heavy atom. The first-order valence-corrected chi connectivity index (χ1v) is 8.98. The largest absolute Gasteiger partial charge is 0.388 e. The average Bonchev–Trinajstić information content (AvgIpc) is 3.36. The molecule has 3 aliphatic rings. The number of hydrogen-bond acceptors (Lipinski definition) is 5. The van der Waals surface area contributed by atoms with Crippen LogP contribution < -0.4 is 10.9 Å². The van der Waals surface area contributed by atoms with Crippen molar-refractivity contribution in [1.29, 1.82) is 0 Å². The molecule has 1 aliphatic carbocycles. The third-order valence-electron chi connectivity index (χ3n) is 5.33. The summed E-state index contributed by atoms with van der Waals surface area (Å²) in [4.78, 5) is 44.2. The number of likely N-dealkylation sites (tertiary alicyclic amines) is 1. The van der Waals surface area contributed by atoms with Crippen molar-refractivity contribution in [3.05, 3.63) is 34.2 Å². The van der Waals surface area contributed by atoms with Gasteiger partial charge in [0.2, 0.25) is 0 Å². The molecule has 1 N–H and O–H groups in total. The first kappa shape index (κ1) is 16.8. The highest BCUT2D eigenvalue weighted by Crippen LogP contribution is 2.35. The predicted octanol–water partition coefficient (Wildman–Crippen LogP) is 0.415. The van der Waals surface area contributed by atoms with E-state index in [0.717, 1.165) is 12.8 Å². The molecule has 1 aromatic heterocycles. The summed E-state index contributed by atoms with van der Waals surface area (Å²) in [6.07, 6.45) is 5.34. The number of amides is 2. The smallest absolute Gasteiger partial charge is 0.269 e. The normalized spacial score (nSPS) is 21.3. The lowest BCUT2D eigenvalue weighted by molar-refractivity contribution is -0.115. The molecule has 8 nitrogen and oxygen atoms in total. The van der Waals surface area contributed by atoms with Gasteiger partial charge in [-0.15, -0.1) is 0 Å². The van der Waals surface area contributed by atoms with Crippen LogP contribution in [0, 0.1) is 0 Å². The van der Waals surface area contributed by atoms with E-state index in [1.165, 1.54) is 4.57 Å². The Balaban J connectivity index is 1.37. The molecule has 2 aliphatic heterocycles. The van der Waals surface area contributed by atoms with Gasteiger partial charge in [-0.2, -0.15) is 0 Å². The average molecular weight is 358 g/mol. The summed E-state index contributed by atoms with van der Waals surface area (Å²) in [5.41, 5.74) is -0.181. The van der Waals surface area contributed by atoms with Crippen molar-refractivity contribution in [3.63, 3.8) is 0 Å². The van der Waals surface area contributed by atoms with Crippen molar-refractivity contribution >= 4 is 17.5 Å². The maximum Gasteiger partial charge on any atom is 0.269 e. The van der Waals surface area contributed by atoms with Crippen LogP contribution in [0.2, 0.25) is 0 Å². The van der Waals surface area contributed by atoms with Crippen LogP contribution in [0.3, 0.4) is 0 Å². The van der Waals surface area contributed by atoms with Gasteiger partial charge in [-0.1, -0.05) is 5.16 Å². The predicted molar refractivity (Wildman–Crippen MR) is 93.9 cm³/mol. The van der Waals surface area contributed by atoms with Gasteiger partial charge in [0.05, 0.1) is 0 Å². The molecule has 1 saturated carbocycles. The zero-order valence-electron chi connectivity index (χ0n) is 14.7. The Hall–Kier alpha value is -2.64. The van der Waals surface area contributed by atoms with Crippen LogP contribution in [0.25, 0.3) is 0 Å². The second kappa shape index (κ2) is 6.26. The van der Waals surface area contributed by atoms with Crippen LogP contribution in [-0.2, 0) is 16.7 Å². The van der Waals surface area contributed by atoms with E-state index in [-0.39, 0.29) is 29.0 Å². The van der Waals surface area contributed by atoms with Crippen molar-refractivity contribution in [3.8, 4) is 0 Å². The Bertz CT molecular complexity index is 832. The minimum Gasteiger partial charge on any atom is -0.388 e. The summed E-state index contributed by atoms with van der Waals surface area (Å²) in [6.45, 7) is 0.952. The van der Waals surface area contributed by atoms with E-state index in [2.05, 4.69) is 10.5 Å². The minimum atomic E-state index is -0.505. The molecule has 8 heteroatoms. The quantitative estimate of drug-likeness (QED) is 0.847. The molecule has 1 saturated heterocycles. The van der Waals surface area contributed by atoms with Crippen molar-refractivity contribution in [2.24, 2.45) is 12.2 Å². The van der Waals surface area contributed by atoms with Crippen molar-refractivity contribution in [1.82, 2.24) is 14.8 Å². The number of aryl methyl sites for hydroxylation is 1. The number of piperidine rings is 1. The lowest BCUT2D eigenvalue weighted by Gasteiger charge is -2.37. The molecular weight excluding hydrogens is 336 g/mol. The van der Waals surface area contributed by atoms with E-state index < -0.39 is 5.60 Å². The van der Waals surface area contributed by atoms with Gasteiger partial charge in [-0.3, -0.25) is 14.4 Å². The Labute approximate surface area is 150 Å². The first-order chi connectivity index (χ1) is 12.5. The Morgan fingerprint density at radius 3 is 2.73 bits per heavy atom. The Kier molecular flexibility index (Phi) is 4.05. The molecule has 3 heterocycles. The molecule has 4 rings (SSSR count). The number of carbonyl (C=O) groups is 2. The molecular formula is C18H22N4O4. The molecule has 0 atom stereocenters. The molecule has 1 aromatic rings. The van der Waals surface area contributed by atoms with Gasteiger partial charge in [0.1, 0.15) is 16.9 Å². The monoisotopic (exact) mass is 358 g/mol. The molecule has 2 amide bonds. The summed E-state index contributed by atoms with van der Waals surface area (Å²) >= 11 is 0. The molecule has 0 unspecified atom stereocenters. The minimum absolute atomic E-state index is 0.143. The number of aromatic nitrogens is 1. The van der Waals surface area contributed by atoms with Gasteiger partial charge in [0.15, 0.2) is 0 Å². The molecule has 1 spiro atoms. The zero-order chi connectivity index (χ0) is 18.3. The standard InChI is InChI=1S/C18H22N4O4/c1-21-8-2-3-13(16(21)24)17(25)22-9-6-18(7-10-22)11-14(20-26-18)15(23)19-12-4-5-12/h2-3,8,12H,4-7,9-11H2,1H3,(H,19,23). The van der Waals surface area contributed by atoms with Crippen LogP contribution in [0.15, 0.2) is 28.3 Å². The molecule has 0 aromatic carbocycles. The van der Waals surface area contributed by atoms with E-state index in [1.807, 2.05) is 0 Å². The molecule has 26 heavy (non-hydrogen) atoms. The van der Waals surface area contributed by atoms with Gasteiger partial charge in [-0.25, -0.2) is 0 Å². The van der Waals surface area contributed by atoms with Crippen molar-refractivity contribution in [2.45, 2.75) is 43.7 Å². The SMILES string of the molecule is Cn1cccc(C(=O)N2CCC3(CC2)CC(C(=O)NC2CC2)=NO3)c1=O. The fraction of sp³-hybridized carbons (Fsp3) is 0.556. The summed E-state index contributed by atoms with van der Waals surface area (Å²) in [6, 6.07) is 3.54. The zero-order valence-corrected chi connectivity index (χ0v) is 14.7. The number of rotatable bonds is 3. The summed E-state index contributed by atoms with van der Waals surface area (Å²) < 4.78 is 1.40. The maximum atomic E-state index is 12.7. The summed E-state index contributed by atoms with van der Waals surface area (Å²) in [5, 5.41) is 6.92. The van der Waals surface area contributed by atoms with Crippen LogP contribution in [0.4, 0.5) is 0 Å². The van der Waals surface area contributed by atoms with Gasteiger partial charge >= 0.3 is 0 Å². The lowest BCUT2D eigenvalue weighted by Crippen LogP contribution is -2.48. The number of hydrogen-bond donors (Lipinski definition) is 1. The van der Waals surface area contributed by atoms with E-state index in [1.54, 1.807) is 30.3 Å². The fourth-order valence-electron chi connectivity index (χ4n) is 3.46. The highest BCUT2D eigenvalue weighted by molar-refractivity contribution is 6.39.